The predicted molar refractivity (Wildman–Crippen MR) is 78.5 cm³/mol. The van der Waals surface area contributed by atoms with Crippen molar-refractivity contribution < 1.29 is 17.6 Å². The SMILES string of the molecule is Cc1cc(F)c(N)c(C)c1S(=O)(=O)N(CC(N)=O)C(C)C. The summed E-state index contributed by atoms with van der Waals surface area (Å²) in [5.74, 6) is -1.44. The number of nitrogens with zero attached hydrogens (tertiary/aromatic N) is 1. The number of nitrogen functional groups attached to an aromatic ring is 1. The van der Waals surface area contributed by atoms with Gasteiger partial charge in [-0.2, -0.15) is 4.31 Å². The van der Waals surface area contributed by atoms with Gasteiger partial charge in [-0.25, -0.2) is 12.8 Å². The van der Waals surface area contributed by atoms with E-state index in [9.17, 15) is 17.6 Å². The third-order valence-electron chi connectivity index (χ3n) is 3.16. The van der Waals surface area contributed by atoms with E-state index in [0.29, 0.717) is 0 Å². The van der Waals surface area contributed by atoms with Crippen molar-refractivity contribution >= 4 is 21.6 Å². The van der Waals surface area contributed by atoms with Gasteiger partial charge in [0.25, 0.3) is 0 Å². The number of carbonyl (C=O) groups is 1. The molecule has 1 rings (SSSR count). The third kappa shape index (κ3) is 3.33. The van der Waals surface area contributed by atoms with Crippen molar-refractivity contribution in [2.75, 3.05) is 12.3 Å². The van der Waals surface area contributed by atoms with E-state index >= 15 is 0 Å². The van der Waals surface area contributed by atoms with Crippen molar-refractivity contribution in [2.24, 2.45) is 5.73 Å². The molecule has 0 aromatic heterocycles. The third-order valence-corrected chi connectivity index (χ3v) is 5.47. The van der Waals surface area contributed by atoms with Crippen molar-refractivity contribution in [3.8, 4) is 0 Å². The Balaban J connectivity index is 3.56. The lowest BCUT2D eigenvalue weighted by molar-refractivity contribution is -0.118. The molecule has 0 saturated heterocycles. The first kappa shape index (κ1) is 17.4. The van der Waals surface area contributed by atoms with Crippen molar-refractivity contribution in [2.45, 2.75) is 38.6 Å². The zero-order valence-corrected chi connectivity index (χ0v) is 13.3. The summed E-state index contributed by atoms with van der Waals surface area (Å²) in [6, 6.07) is 0.588. The summed E-state index contributed by atoms with van der Waals surface area (Å²) in [4.78, 5) is 11.0. The molecule has 1 aromatic carbocycles. The van der Waals surface area contributed by atoms with E-state index < -0.39 is 34.3 Å². The highest BCUT2D eigenvalue weighted by Gasteiger charge is 2.32. The summed E-state index contributed by atoms with van der Waals surface area (Å²) in [6.45, 7) is 5.71. The van der Waals surface area contributed by atoms with Crippen LogP contribution < -0.4 is 11.5 Å². The zero-order chi connectivity index (χ0) is 16.5. The van der Waals surface area contributed by atoms with E-state index in [1.165, 1.54) is 13.8 Å². The molecule has 4 N–H and O–H groups in total. The maximum atomic E-state index is 13.6. The number of sulfonamides is 1. The van der Waals surface area contributed by atoms with Gasteiger partial charge in [-0.1, -0.05) is 0 Å². The lowest BCUT2D eigenvalue weighted by Gasteiger charge is -2.26. The monoisotopic (exact) mass is 317 g/mol. The fourth-order valence-electron chi connectivity index (χ4n) is 2.14. The number of nitrogens with two attached hydrogens (primary N) is 2. The molecule has 8 heteroatoms. The van der Waals surface area contributed by atoms with Crippen molar-refractivity contribution in [3.05, 3.63) is 23.0 Å². The Morgan fingerprint density at radius 1 is 1.38 bits per heavy atom. The first-order valence-electron chi connectivity index (χ1n) is 6.35. The standard InChI is InChI=1S/C13H20FN3O3S/c1-7(2)17(6-11(15)18)21(19,20)13-8(3)5-10(14)12(16)9(13)4/h5,7H,6,16H2,1-4H3,(H2,15,18). The molecule has 0 aliphatic rings. The Hall–Kier alpha value is -1.67. The second-order valence-electron chi connectivity index (χ2n) is 5.15. The minimum atomic E-state index is -4.01. The summed E-state index contributed by atoms with van der Waals surface area (Å²) in [5, 5.41) is 0. The normalized spacial score (nSPS) is 12.1. The van der Waals surface area contributed by atoms with Crippen LogP contribution in [0.15, 0.2) is 11.0 Å². The second-order valence-corrected chi connectivity index (χ2v) is 6.98. The van der Waals surface area contributed by atoms with Crippen LogP contribution in [-0.2, 0) is 14.8 Å². The zero-order valence-electron chi connectivity index (χ0n) is 12.5. The van der Waals surface area contributed by atoms with Crippen LogP contribution >= 0.6 is 0 Å². The largest absolute Gasteiger partial charge is 0.396 e. The number of aryl methyl sites for hydroxylation is 1. The predicted octanol–water partition coefficient (Wildman–Crippen LogP) is 0.909. The van der Waals surface area contributed by atoms with Gasteiger partial charge in [-0.15, -0.1) is 0 Å². The van der Waals surface area contributed by atoms with Gasteiger partial charge in [0.05, 0.1) is 17.1 Å². The molecule has 0 bridgehead atoms. The van der Waals surface area contributed by atoms with E-state index in [4.69, 9.17) is 11.5 Å². The Morgan fingerprint density at radius 2 is 1.90 bits per heavy atom. The lowest BCUT2D eigenvalue weighted by atomic mass is 10.1. The highest BCUT2D eigenvalue weighted by Crippen LogP contribution is 2.30. The van der Waals surface area contributed by atoms with Crippen LogP contribution in [0.1, 0.15) is 25.0 Å². The van der Waals surface area contributed by atoms with Gasteiger partial charge in [0.15, 0.2) is 0 Å². The molecule has 1 amide bonds. The van der Waals surface area contributed by atoms with Crippen LogP contribution in [0, 0.1) is 19.7 Å². The molecule has 0 heterocycles. The van der Waals surface area contributed by atoms with Gasteiger partial charge in [-0.3, -0.25) is 4.79 Å². The van der Waals surface area contributed by atoms with Gasteiger partial charge in [-0.05, 0) is 44.9 Å². The average molecular weight is 317 g/mol. The fraction of sp³-hybridized carbons (Fsp3) is 0.462. The van der Waals surface area contributed by atoms with Crippen LogP contribution in [0.3, 0.4) is 0 Å². The van der Waals surface area contributed by atoms with Crippen LogP contribution in [0.5, 0.6) is 0 Å². The Bertz CT molecular complexity index is 672. The summed E-state index contributed by atoms with van der Waals surface area (Å²) in [7, 11) is -4.01. The van der Waals surface area contributed by atoms with Crippen LogP contribution in [0.2, 0.25) is 0 Å². The molecule has 21 heavy (non-hydrogen) atoms. The molecule has 0 aliphatic carbocycles. The van der Waals surface area contributed by atoms with Crippen molar-refractivity contribution in [1.29, 1.82) is 0 Å². The summed E-state index contributed by atoms with van der Waals surface area (Å²) in [5.41, 5.74) is 10.8. The molecule has 6 nitrogen and oxygen atoms in total. The van der Waals surface area contributed by atoms with Crippen LogP contribution in [0.25, 0.3) is 0 Å². The summed E-state index contributed by atoms with van der Waals surface area (Å²) < 4.78 is 40.1. The molecule has 0 fully saturated rings. The molecule has 0 atom stereocenters. The number of hydrogen-bond acceptors (Lipinski definition) is 4. The first-order chi connectivity index (χ1) is 9.50. The number of hydrogen-bond donors (Lipinski definition) is 2. The van der Waals surface area contributed by atoms with Gasteiger partial charge in [0.2, 0.25) is 15.9 Å². The molecule has 0 unspecified atom stereocenters. The van der Waals surface area contributed by atoms with E-state index in [1.807, 2.05) is 0 Å². The van der Waals surface area contributed by atoms with E-state index in [-0.39, 0.29) is 21.7 Å². The quantitative estimate of drug-likeness (QED) is 0.787. The van der Waals surface area contributed by atoms with E-state index in [1.54, 1.807) is 13.8 Å². The van der Waals surface area contributed by atoms with Crippen molar-refractivity contribution in [3.63, 3.8) is 0 Å². The number of rotatable bonds is 5. The topological polar surface area (TPSA) is 106 Å². The van der Waals surface area contributed by atoms with Gasteiger partial charge in [0, 0.05) is 6.04 Å². The number of anilines is 1. The molecular formula is C13H20FN3O3S. The second kappa shape index (κ2) is 5.98. The van der Waals surface area contributed by atoms with Crippen LogP contribution in [0.4, 0.5) is 10.1 Å². The summed E-state index contributed by atoms with van der Waals surface area (Å²) in [6.07, 6.45) is 0. The number of primary amides is 1. The maximum Gasteiger partial charge on any atom is 0.244 e. The Morgan fingerprint density at radius 3 is 2.33 bits per heavy atom. The molecule has 0 aliphatic heterocycles. The maximum absolute atomic E-state index is 13.6. The molecule has 0 spiro atoms. The molecule has 0 radical (unpaired) electrons. The number of carbonyl (C=O) groups excluding carboxylic acids is 1. The van der Waals surface area contributed by atoms with E-state index in [2.05, 4.69) is 0 Å². The van der Waals surface area contributed by atoms with Gasteiger partial charge in [0.1, 0.15) is 5.82 Å². The summed E-state index contributed by atoms with van der Waals surface area (Å²) >= 11 is 0. The minimum Gasteiger partial charge on any atom is -0.396 e. The number of benzene rings is 1. The molecule has 0 saturated carbocycles. The Labute approximate surface area is 124 Å². The lowest BCUT2D eigenvalue weighted by Crippen LogP contribution is -2.43. The average Bonchev–Trinajstić information content (AvgIpc) is 2.32. The van der Waals surface area contributed by atoms with Gasteiger partial charge >= 0.3 is 0 Å². The van der Waals surface area contributed by atoms with Crippen LogP contribution in [-0.4, -0.2) is 31.2 Å². The molecular weight excluding hydrogens is 297 g/mol. The number of halogens is 1. The van der Waals surface area contributed by atoms with Gasteiger partial charge < -0.3 is 11.5 Å². The number of amides is 1. The first-order valence-corrected chi connectivity index (χ1v) is 7.79. The molecule has 118 valence electrons. The minimum absolute atomic E-state index is 0.0867. The van der Waals surface area contributed by atoms with E-state index in [0.717, 1.165) is 10.4 Å². The fourth-order valence-corrected chi connectivity index (χ4v) is 4.19. The highest BCUT2D eigenvalue weighted by atomic mass is 32.2. The molecule has 1 aromatic rings. The smallest absolute Gasteiger partial charge is 0.244 e. The Kier molecular flexibility index (Phi) is 4.95. The van der Waals surface area contributed by atoms with Crippen molar-refractivity contribution in [1.82, 2.24) is 4.31 Å². The highest BCUT2D eigenvalue weighted by molar-refractivity contribution is 7.89.